The molecule has 0 fully saturated rings. The van der Waals surface area contributed by atoms with Crippen LogP contribution in [0.4, 0.5) is 5.69 Å². The molecule has 4 nitrogen and oxygen atoms in total. The van der Waals surface area contributed by atoms with Gasteiger partial charge in [0.25, 0.3) is 0 Å². The molecule has 2 rings (SSSR count). The molecule has 0 bridgehead atoms. The zero-order chi connectivity index (χ0) is 16.7. The number of para-hydroxylation sites is 1. The molecule has 0 radical (unpaired) electrons. The van der Waals surface area contributed by atoms with Gasteiger partial charge in [0.2, 0.25) is 5.91 Å². The lowest BCUT2D eigenvalue weighted by molar-refractivity contribution is -0.117. The Hall–Kier alpha value is -2.17. The minimum atomic E-state index is -0.00761. The highest BCUT2D eigenvalue weighted by atomic mass is 16.2. The van der Waals surface area contributed by atoms with Crippen LogP contribution in [-0.2, 0) is 11.3 Å². The van der Waals surface area contributed by atoms with Crippen molar-refractivity contribution in [2.45, 2.75) is 20.4 Å². The zero-order valence-electron chi connectivity index (χ0n) is 13.9. The van der Waals surface area contributed by atoms with Crippen molar-refractivity contribution in [2.75, 3.05) is 25.0 Å². The number of aryl methyl sites for hydroxylation is 2. The number of carbonyl (C=O) groups excluding carboxylic acids is 1. The van der Waals surface area contributed by atoms with Crippen LogP contribution >= 0.6 is 0 Å². The molecule has 2 aromatic carbocycles. The standard InChI is InChI=1S/C19H25N3O/c1-15-7-6-8-16(2)19(15)21-18(23)14-22(12-11-20)13-17-9-4-3-5-10-17/h3-10H,11-14,20H2,1-2H3,(H,21,23). The fourth-order valence-corrected chi connectivity index (χ4v) is 2.63. The number of nitrogens with two attached hydrogens (primary N) is 1. The maximum absolute atomic E-state index is 12.4. The highest BCUT2D eigenvalue weighted by Crippen LogP contribution is 2.19. The van der Waals surface area contributed by atoms with Crippen molar-refractivity contribution in [1.82, 2.24) is 4.90 Å². The molecule has 0 saturated carbocycles. The Morgan fingerprint density at radius 1 is 1.04 bits per heavy atom. The number of carbonyl (C=O) groups is 1. The van der Waals surface area contributed by atoms with Gasteiger partial charge in [-0.3, -0.25) is 9.69 Å². The molecule has 0 spiro atoms. The van der Waals surface area contributed by atoms with E-state index in [9.17, 15) is 4.79 Å². The fourth-order valence-electron chi connectivity index (χ4n) is 2.63. The molecular weight excluding hydrogens is 286 g/mol. The first-order valence-electron chi connectivity index (χ1n) is 7.92. The van der Waals surface area contributed by atoms with Crippen LogP contribution in [0.15, 0.2) is 48.5 Å². The van der Waals surface area contributed by atoms with Crippen LogP contribution < -0.4 is 11.1 Å². The first kappa shape index (κ1) is 17.2. The van der Waals surface area contributed by atoms with E-state index in [0.29, 0.717) is 19.6 Å². The Morgan fingerprint density at radius 2 is 1.70 bits per heavy atom. The molecular formula is C19H25N3O. The number of nitrogens with zero attached hydrogens (tertiary/aromatic N) is 1. The topological polar surface area (TPSA) is 58.4 Å². The predicted octanol–water partition coefficient (Wildman–Crippen LogP) is 2.70. The zero-order valence-corrected chi connectivity index (χ0v) is 13.9. The minimum absolute atomic E-state index is 0.00761. The van der Waals surface area contributed by atoms with Gasteiger partial charge in [0.05, 0.1) is 6.54 Å². The molecule has 0 saturated heterocycles. The van der Waals surface area contributed by atoms with Gasteiger partial charge in [-0.2, -0.15) is 0 Å². The molecule has 0 aliphatic heterocycles. The predicted molar refractivity (Wildman–Crippen MR) is 95.3 cm³/mol. The van der Waals surface area contributed by atoms with Crippen molar-refractivity contribution in [1.29, 1.82) is 0 Å². The van der Waals surface area contributed by atoms with E-state index < -0.39 is 0 Å². The quantitative estimate of drug-likeness (QED) is 0.826. The summed E-state index contributed by atoms with van der Waals surface area (Å²) in [7, 11) is 0. The maximum Gasteiger partial charge on any atom is 0.238 e. The molecule has 0 aromatic heterocycles. The van der Waals surface area contributed by atoms with Crippen molar-refractivity contribution in [3.8, 4) is 0 Å². The van der Waals surface area contributed by atoms with Crippen LogP contribution in [0.5, 0.6) is 0 Å². The van der Waals surface area contributed by atoms with Gasteiger partial charge in [0.15, 0.2) is 0 Å². The van der Waals surface area contributed by atoms with Gasteiger partial charge in [0, 0.05) is 25.3 Å². The molecule has 122 valence electrons. The number of nitrogens with one attached hydrogen (secondary N) is 1. The molecule has 23 heavy (non-hydrogen) atoms. The first-order valence-corrected chi connectivity index (χ1v) is 7.92. The molecule has 0 atom stereocenters. The molecule has 2 aromatic rings. The van der Waals surface area contributed by atoms with Crippen LogP contribution in [0, 0.1) is 13.8 Å². The van der Waals surface area contributed by atoms with Crippen LogP contribution in [0.2, 0.25) is 0 Å². The van der Waals surface area contributed by atoms with E-state index in [-0.39, 0.29) is 5.91 Å². The summed E-state index contributed by atoms with van der Waals surface area (Å²) in [4.78, 5) is 14.5. The minimum Gasteiger partial charge on any atom is -0.329 e. The monoisotopic (exact) mass is 311 g/mol. The summed E-state index contributed by atoms with van der Waals surface area (Å²) in [5.41, 5.74) is 9.93. The second-order valence-electron chi connectivity index (χ2n) is 5.80. The van der Waals surface area contributed by atoms with E-state index in [1.165, 1.54) is 5.56 Å². The van der Waals surface area contributed by atoms with Crippen LogP contribution in [0.25, 0.3) is 0 Å². The first-order chi connectivity index (χ1) is 11.1. The van der Waals surface area contributed by atoms with E-state index in [4.69, 9.17) is 5.73 Å². The Labute approximate surface area is 138 Å². The average Bonchev–Trinajstić information content (AvgIpc) is 2.52. The third-order valence-corrected chi connectivity index (χ3v) is 3.81. The number of benzene rings is 2. The summed E-state index contributed by atoms with van der Waals surface area (Å²) in [6.07, 6.45) is 0. The van der Waals surface area contributed by atoms with Gasteiger partial charge < -0.3 is 11.1 Å². The largest absolute Gasteiger partial charge is 0.329 e. The molecule has 0 aliphatic carbocycles. The van der Waals surface area contributed by atoms with Gasteiger partial charge in [-0.05, 0) is 30.5 Å². The summed E-state index contributed by atoms with van der Waals surface area (Å²) >= 11 is 0. The second kappa shape index (κ2) is 8.46. The number of rotatable bonds is 7. The Bertz CT molecular complexity index is 620. The number of hydrogen-bond donors (Lipinski definition) is 2. The smallest absolute Gasteiger partial charge is 0.238 e. The second-order valence-corrected chi connectivity index (χ2v) is 5.80. The van der Waals surface area contributed by atoms with Gasteiger partial charge in [-0.15, -0.1) is 0 Å². The summed E-state index contributed by atoms with van der Waals surface area (Å²) in [6.45, 7) is 6.28. The third kappa shape index (κ3) is 5.20. The van der Waals surface area contributed by atoms with Crippen LogP contribution in [-0.4, -0.2) is 30.4 Å². The third-order valence-electron chi connectivity index (χ3n) is 3.81. The maximum atomic E-state index is 12.4. The molecule has 4 heteroatoms. The van der Waals surface area contributed by atoms with E-state index in [1.807, 2.05) is 50.2 Å². The van der Waals surface area contributed by atoms with Crippen molar-refractivity contribution < 1.29 is 4.79 Å². The Balaban J connectivity index is 2.00. The molecule has 0 heterocycles. The van der Waals surface area contributed by atoms with Crippen molar-refractivity contribution >= 4 is 11.6 Å². The summed E-state index contributed by atoms with van der Waals surface area (Å²) < 4.78 is 0. The van der Waals surface area contributed by atoms with Gasteiger partial charge >= 0.3 is 0 Å². The SMILES string of the molecule is Cc1cccc(C)c1NC(=O)CN(CCN)Cc1ccccc1. The lowest BCUT2D eigenvalue weighted by atomic mass is 10.1. The Kier molecular flexibility index (Phi) is 6.32. The average molecular weight is 311 g/mol. The van der Waals surface area contributed by atoms with Gasteiger partial charge in [0.1, 0.15) is 0 Å². The van der Waals surface area contributed by atoms with Gasteiger partial charge in [-0.1, -0.05) is 48.5 Å². The van der Waals surface area contributed by atoms with Crippen molar-refractivity contribution in [3.63, 3.8) is 0 Å². The van der Waals surface area contributed by atoms with E-state index in [1.54, 1.807) is 0 Å². The highest BCUT2D eigenvalue weighted by Gasteiger charge is 2.12. The molecule has 0 unspecified atom stereocenters. The molecule has 1 amide bonds. The summed E-state index contributed by atoms with van der Waals surface area (Å²) in [5.74, 6) is -0.00761. The van der Waals surface area contributed by atoms with E-state index >= 15 is 0 Å². The Morgan fingerprint density at radius 3 is 2.30 bits per heavy atom. The summed E-state index contributed by atoms with van der Waals surface area (Å²) in [6, 6.07) is 16.1. The van der Waals surface area contributed by atoms with E-state index in [2.05, 4.69) is 22.3 Å². The number of anilines is 1. The summed E-state index contributed by atoms with van der Waals surface area (Å²) in [5, 5.41) is 3.03. The normalized spacial score (nSPS) is 10.8. The van der Waals surface area contributed by atoms with Crippen molar-refractivity contribution in [2.24, 2.45) is 5.73 Å². The van der Waals surface area contributed by atoms with Gasteiger partial charge in [-0.25, -0.2) is 0 Å². The van der Waals surface area contributed by atoms with Crippen molar-refractivity contribution in [3.05, 3.63) is 65.2 Å². The number of amides is 1. The lowest BCUT2D eigenvalue weighted by Crippen LogP contribution is -2.36. The molecule has 3 N–H and O–H groups in total. The van der Waals surface area contributed by atoms with Crippen LogP contribution in [0.3, 0.4) is 0 Å². The lowest BCUT2D eigenvalue weighted by Gasteiger charge is -2.21. The van der Waals surface area contributed by atoms with E-state index in [0.717, 1.165) is 23.4 Å². The molecule has 0 aliphatic rings. The number of hydrogen-bond acceptors (Lipinski definition) is 3. The fraction of sp³-hybridized carbons (Fsp3) is 0.316. The van der Waals surface area contributed by atoms with Crippen LogP contribution in [0.1, 0.15) is 16.7 Å². The highest BCUT2D eigenvalue weighted by molar-refractivity contribution is 5.93.